The zero-order valence-electron chi connectivity index (χ0n) is 12.2. The van der Waals surface area contributed by atoms with Crippen molar-refractivity contribution in [1.29, 1.82) is 0 Å². The minimum atomic E-state index is -0.102. The number of rotatable bonds is 4. The standard InChI is InChI=1S/C14H18Cl2N4S/c1-14(2,3)13-12(21-20-19-13)11(18-17)7-8-6-9(15)4-5-10(8)16/h4-6,11,18H,7,17H2,1-3H3. The number of halogens is 2. The lowest BCUT2D eigenvalue weighted by molar-refractivity contribution is 0.515. The Balaban J connectivity index is 2.33. The molecule has 7 heteroatoms. The third-order valence-corrected chi connectivity index (χ3v) is 4.61. The topological polar surface area (TPSA) is 63.8 Å². The molecule has 0 spiro atoms. The molecule has 0 amide bonds. The molecule has 114 valence electrons. The van der Waals surface area contributed by atoms with Crippen molar-refractivity contribution >= 4 is 34.7 Å². The minimum absolute atomic E-state index is 0.0877. The van der Waals surface area contributed by atoms with E-state index in [1.54, 1.807) is 12.1 Å². The van der Waals surface area contributed by atoms with Gasteiger partial charge < -0.3 is 0 Å². The number of nitrogens with zero attached hydrogens (tertiary/aromatic N) is 2. The van der Waals surface area contributed by atoms with Crippen LogP contribution in [0.15, 0.2) is 18.2 Å². The van der Waals surface area contributed by atoms with Crippen LogP contribution in [0.1, 0.15) is 42.9 Å². The third kappa shape index (κ3) is 3.93. The first kappa shape index (κ1) is 16.6. The Morgan fingerprint density at radius 2 is 2.05 bits per heavy atom. The number of benzene rings is 1. The summed E-state index contributed by atoms with van der Waals surface area (Å²) < 4.78 is 4.08. The van der Waals surface area contributed by atoms with Crippen molar-refractivity contribution in [3.05, 3.63) is 44.4 Å². The Kier molecular flexibility index (Phi) is 5.22. The summed E-state index contributed by atoms with van der Waals surface area (Å²) in [5.41, 5.74) is 4.65. The summed E-state index contributed by atoms with van der Waals surface area (Å²) in [7, 11) is 0. The van der Waals surface area contributed by atoms with Crippen molar-refractivity contribution < 1.29 is 0 Å². The summed E-state index contributed by atoms with van der Waals surface area (Å²) in [5, 5.41) is 5.58. The minimum Gasteiger partial charge on any atom is -0.271 e. The van der Waals surface area contributed by atoms with Crippen LogP contribution in [0, 0.1) is 0 Å². The van der Waals surface area contributed by atoms with Crippen LogP contribution in [0.4, 0.5) is 0 Å². The van der Waals surface area contributed by atoms with Crippen molar-refractivity contribution in [3.63, 3.8) is 0 Å². The zero-order valence-corrected chi connectivity index (χ0v) is 14.5. The Hall–Kier alpha value is -0.720. The van der Waals surface area contributed by atoms with Gasteiger partial charge in [-0.15, -0.1) is 5.10 Å². The van der Waals surface area contributed by atoms with Gasteiger partial charge in [-0.3, -0.25) is 11.3 Å². The van der Waals surface area contributed by atoms with Gasteiger partial charge in [0.05, 0.1) is 16.6 Å². The number of nitrogens with one attached hydrogen (secondary N) is 1. The average Bonchev–Trinajstić information content (AvgIpc) is 2.89. The molecule has 0 aliphatic rings. The number of hydrogen-bond donors (Lipinski definition) is 2. The maximum Gasteiger partial charge on any atom is 0.0857 e. The van der Waals surface area contributed by atoms with E-state index < -0.39 is 0 Å². The van der Waals surface area contributed by atoms with E-state index in [2.05, 4.69) is 35.8 Å². The van der Waals surface area contributed by atoms with E-state index in [0.29, 0.717) is 16.5 Å². The van der Waals surface area contributed by atoms with Crippen LogP contribution in [0.25, 0.3) is 0 Å². The molecular formula is C14H18Cl2N4S. The second-order valence-corrected chi connectivity index (χ2v) is 7.52. The first-order valence-electron chi connectivity index (χ1n) is 6.55. The van der Waals surface area contributed by atoms with Crippen LogP contribution in [-0.2, 0) is 11.8 Å². The number of hydrogen-bond acceptors (Lipinski definition) is 5. The first-order valence-corrected chi connectivity index (χ1v) is 8.08. The normalized spacial score (nSPS) is 13.4. The Bertz CT molecular complexity index is 622. The summed E-state index contributed by atoms with van der Waals surface area (Å²) in [6.45, 7) is 6.31. The van der Waals surface area contributed by atoms with Crippen LogP contribution in [0.5, 0.6) is 0 Å². The van der Waals surface area contributed by atoms with Gasteiger partial charge >= 0.3 is 0 Å². The van der Waals surface area contributed by atoms with Gasteiger partial charge in [-0.2, -0.15) is 0 Å². The summed E-state index contributed by atoms with van der Waals surface area (Å²) in [6.07, 6.45) is 0.628. The molecule has 0 fully saturated rings. The van der Waals surface area contributed by atoms with Gasteiger partial charge in [-0.05, 0) is 41.7 Å². The van der Waals surface area contributed by atoms with Crippen molar-refractivity contribution in [2.45, 2.75) is 38.6 Å². The van der Waals surface area contributed by atoms with E-state index in [1.165, 1.54) is 11.5 Å². The highest BCUT2D eigenvalue weighted by atomic mass is 35.5. The highest BCUT2D eigenvalue weighted by molar-refractivity contribution is 7.05. The van der Waals surface area contributed by atoms with E-state index in [9.17, 15) is 0 Å². The molecule has 3 N–H and O–H groups in total. The number of hydrazine groups is 1. The van der Waals surface area contributed by atoms with Crippen molar-refractivity contribution in [2.24, 2.45) is 5.84 Å². The summed E-state index contributed by atoms with van der Waals surface area (Å²) in [6, 6.07) is 5.32. The van der Waals surface area contributed by atoms with E-state index in [4.69, 9.17) is 29.0 Å². The molecule has 0 saturated heterocycles. The molecule has 1 aromatic heterocycles. The maximum absolute atomic E-state index is 6.23. The van der Waals surface area contributed by atoms with Crippen molar-refractivity contribution in [3.8, 4) is 0 Å². The molecule has 2 rings (SSSR count). The van der Waals surface area contributed by atoms with E-state index in [0.717, 1.165) is 16.1 Å². The molecule has 4 nitrogen and oxygen atoms in total. The second-order valence-electron chi connectivity index (χ2n) is 5.89. The van der Waals surface area contributed by atoms with Gasteiger partial charge in [-0.1, -0.05) is 48.5 Å². The van der Waals surface area contributed by atoms with E-state index in [-0.39, 0.29) is 11.5 Å². The van der Waals surface area contributed by atoms with Gasteiger partial charge in [0.2, 0.25) is 0 Å². The molecule has 1 heterocycles. The fraction of sp³-hybridized carbons (Fsp3) is 0.429. The first-order chi connectivity index (χ1) is 9.82. The predicted molar refractivity (Wildman–Crippen MR) is 88.8 cm³/mol. The summed E-state index contributed by atoms with van der Waals surface area (Å²) in [5.74, 6) is 5.74. The quantitative estimate of drug-likeness (QED) is 0.652. The lowest BCUT2D eigenvalue weighted by Crippen LogP contribution is -2.31. The molecule has 1 aromatic carbocycles. The van der Waals surface area contributed by atoms with Crippen LogP contribution in [-0.4, -0.2) is 9.59 Å². The highest BCUT2D eigenvalue weighted by Gasteiger charge is 2.27. The molecule has 21 heavy (non-hydrogen) atoms. The van der Waals surface area contributed by atoms with Crippen molar-refractivity contribution in [1.82, 2.24) is 15.0 Å². The van der Waals surface area contributed by atoms with E-state index >= 15 is 0 Å². The third-order valence-electron chi connectivity index (χ3n) is 3.17. The fourth-order valence-electron chi connectivity index (χ4n) is 2.09. The van der Waals surface area contributed by atoms with Gasteiger partial charge in [-0.25, -0.2) is 0 Å². The molecule has 1 unspecified atom stereocenters. The van der Waals surface area contributed by atoms with Gasteiger partial charge in [0, 0.05) is 15.5 Å². The molecule has 0 aliphatic heterocycles. The monoisotopic (exact) mass is 344 g/mol. The molecule has 2 aromatic rings. The summed E-state index contributed by atoms with van der Waals surface area (Å²) in [4.78, 5) is 1.03. The number of nitrogens with two attached hydrogens (primary N) is 1. The summed E-state index contributed by atoms with van der Waals surface area (Å²) >= 11 is 13.6. The second kappa shape index (κ2) is 6.58. The lowest BCUT2D eigenvalue weighted by atomic mass is 9.89. The average molecular weight is 345 g/mol. The maximum atomic E-state index is 6.23. The van der Waals surface area contributed by atoms with Gasteiger partial charge in [0.1, 0.15) is 0 Å². The van der Waals surface area contributed by atoms with Gasteiger partial charge in [0.15, 0.2) is 0 Å². The van der Waals surface area contributed by atoms with Crippen molar-refractivity contribution in [2.75, 3.05) is 0 Å². The highest BCUT2D eigenvalue weighted by Crippen LogP contribution is 2.33. The smallest absolute Gasteiger partial charge is 0.0857 e. The van der Waals surface area contributed by atoms with Crippen LogP contribution in [0.2, 0.25) is 10.0 Å². The lowest BCUT2D eigenvalue weighted by Gasteiger charge is -2.21. The number of aromatic nitrogens is 2. The van der Waals surface area contributed by atoms with Crippen LogP contribution < -0.4 is 11.3 Å². The molecule has 0 saturated carbocycles. The largest absolute Gasteiger partial charge is 0.271 e. The fourth-order valence-corrected chi connectivity index (χ4v) is 3.40. The van der Waals surface area contributed by atoms with E-state index in [1.807, 2.05) is 6.07 Å². The SMILES string of the molecule is CC(C)(C)c1nnsc1C(Cc1cc(Cl)ccc1Cl)NN. The van der Waals surface area contributed by atoms with Crippen LogP contribution >= 0.6 is 34.7 Å². The molecule has 0 bridgehead atoms. The molecule has 0 aliphatic carbocycles. The molecule has 0 radical (unpaired) electrons. The van der Waals surface area contributed by atoms with Gasteiger partial charge in [0.25, 0.3) is 0 Å². The Morgan fingerprint density at radius 1 is 1.33 bits per heavy atom. The predicted octanol–water partition coefficient (Wildman–Crippen LogP) is 3.89. The molecule has 1 atom stereocenters. The Labute approximate surface area is 138 Å². The molecular weight excluding hydrogens is 327 g/mol. The zero-order chi connectivity index (χ0) is 15.6. The van der Waals surface area contributed by atoms with Crippen LogP contribution in [0.3, 0.4) is 0 Å². The Morgan fingerprint density at radius 3 is 2.67 bits per heavy atom.